The summed E-state index contributed by atoms with van der Waals surface area (Å²) in [7, 11) is 4.05. The van der Waals surface area contributed by atoms with Crippen molar-refractivity contribution in [3.05, 3.63) is 38.3 Å². The Hall–Kier alpha value is -0.980. The Morgan fingerprint density at radius 1 is 1.50 bits per heavy atom. The molecule has 0 aliphatic carbocycles. The van der Waals surface area contributed by atoms with Gasteiger partial charge in [-0.25, -0.2) is 0 Å². The van der Waals surface area contributed by atoms with Gasteiger partial charge in [0.25, 0.3) is 5.69 Å². The molecule has 0 saturated heterocycles. The minimum Gasteiger partial charge on any atom is -0.311 e. The molecule has 0 heterocycles. The van der Waals surface area contributed by atoms with E-state index in [2.05, 4.69) is 33.1 Å². The van der Waals surface area contributed by atoms with Crippen molar-refractivity contribution >= 4 is 21.6 Å². The fourth-order valence-electron chi connectivity index (χ4n) is 1.42. The van der Waals surface area contributed by atoms with E-state index in [1.807, 2.05) is 20.2 Å². The van der Waals surface area contributed by atoms with Gasteiger partial charge >= 0.3 is 0 Å². The largest absolute Gasteiger partial charge is 0.311 e. The Balaban J connectivity index is 2.58. The summed E-state index contributed by atoms with van der Waals surface area (Å²) in [5.41, 5.74) is 1.02. The molecular weight excluding hydrogens is 298 g/mol. The predicted molar refractivity (Wildman–Crippen MR) is 75.7 cm³/mol. The zero-order chi connectivity index (χ0) is 13.7. The molecular formula is C12H18BrN3O2. The molecule has 1 unspecified atom stereocenters. The summed E-state index contributed by atoms with van der Waals surface area (Å²) >= 11 is 3.17. The normalized spacial score (nSPS) is 12.7. The van der Waals surface area contributed by atoms with Gasteiger partial charge in [-0.1, -0.05) is 6.07 Å². The van der Waals surface area contributed by atoms with Crippen molar-refractivity contribution in [1.29, 1.82) is 0 Å². The van der Waals surface area contributed by atoms with E-state index in [4.69, 9.17) is 0 Å². The standard InChI is InChI=1S/C12H18BrN3O2/c1-9(15(2)3)7-14-8-10-4-5-11(13)12(6-10)16(17)18/h4-6,9,14H,7-8H2,1-3H3. The molecule has 18 heavy (non-hydrogen) atoms. The van der Waals surface area contributed by atoms with Crippen LogP contribution < -0.4 is 5.32 Å². The van der Waals surface area contributed by atoms with Gasteiger partial charge in [0, 0.05) is 25.2 Å². The molecule has 0 saturated carbocycles. The van der Waals surface area contributed by atoms with E-state index in [1.165, 1.54) is 0 Å². The molecule has 100 valence electrons. The number of likely N-dealkylation sites (N-methyl/N-ethyl adjacent to an activating group) is 1. The second-order valence-corrected chi connectivity index (χ2v) is 5.34. The number of nitrogens with one attached hydrogen (secondary N) is 1. The summed E-state index contributed by atoms with van der Waals surface area (Å²) in [6.45, 7) is 3.60. The van der Waals surface area contributed by atoms with Gasteiger partial charge in [0.15, 0.2) is 0 Å². The van der Waals surface area contributed by atoms with Crippen molar-refractivity contribution in [3.8, 4) is 0 Å². The van der Waals surface area contributed by atoms with Crippen molar-refractivity contribution in [2.24, 2.45) is 0 Å². The highest BCUT2D eigenvalue weighted by Crippen LogP contribution is 2.25. The lowest BCUT2D eigenvalue weighted by Gasteiger charge is -2.20. The minimum absolute atomic E-state index is 0.106. The fourth-order valence-corrected chi connectivity index (χ4v) is 1.81. The first-order valence-electron chi connectivity index (χ1n) is 5.71. The summed E-state index contributed by atoms with van der Waals surface area (Å²) in [5.74, 6) is 0. The molecule has 0 aliphatic heterocycles. The summed E-state index contributed by atoms with van der Waals surface area (Å²) in [6, 6.07) is 5.61. The molecule has 0 radical (unpaired) electrons. The number of nitro groups is 1. The zero-order valence-corrected chi connectivity index (χ0v) is 12.4. The lowest BCUT2D eigenvalue weighted by atomic mass is 10.2. The van der Waals surface area contributed by atoms with Crippen LogP contribution in [-0.2, 0) is 6.54 Å². The third kappa shape index (κ3) is 4.36. The number of hydrogen-bond donors (Lipinski definition) is 1. The number of rotatable bonds is 6. The topological polar surface area (TPSA) is 58.4 Å². The number of benzene rings is 1. The van der Waals surface area contributed by atoms with Crippen LogP contribution in [0.3, 0.4) is 0 Å². The number of hydrogen-bond acceptors (Lipinski definition) is 4. The monoisotopic (exact) mass is 315 g/mol. The highest BCUT2D eigenvalue weighted by atomic mass is 79.9. The van der Waals surface area contributed by atoms with Crippen LogP contribution in [-0.4, -0.2) is 36.5 Å². The van der Waals surface area contributed by atoms with Crippen LogP contribution in [0, 0.1) is 10.1 Å². The SMILES string of the molecule is CC(CNCc1ccc(Br)c([N+](=O)[O-])c1)N(C)C. The van der Waals surface area contributed by atoms with Crippen LogP contribution in [0.25, 0.3) is 0 Å². The average molecular weight is 316 g/mol. The van der Waals surface area contributed by atoms with E-state index < -0.39 is 0 Å². The highest BCUT2D eigenvalue weighted by Gasteiger charge is 2.12. The van der Waals surface area contributed by atoms with E-state index in [1.54, 1.807) is 12.1 Å². The van der Waals surface area contributed by atoms with Crippen molar-refractivity contribution < 1.29 is 4.92 Å². The first kappa shape index (κ1) is 15.1. The van der Waals surface area contributed by atoms with Crippen LogP contribution in [0.15, 0.2) is 22.7 Å². The van der Waals surface area contributed by atoms with Gasteiger partial charge < -0.3 is 10.2 Å². The smallest absolute Gasteiger partial charge is 0.283 e. The van der Waals surface area contributed by atoms with Gasteiger partial charge in [-0.3, -0.25) is 10.1 Å². The predicted octanol–water partition coefficient (Wildman–Crippen LogP) is 2.40. The quantitative estimate of drug-likeness (QED) is 0.647. The maximum absolute atomic E-state index is 10.8. The molecule has 1 N–H and O–H groups in total. The second-order valence-electron chi connectivity index (χ2n) is 4.49. The molecule has 1 atom stereocenters. The maximum atomic E-state index is 10.8. The van der Waals surface area contributed by atoms with Crippen molar-refractivity contribution in [2.75, 3.05) is 20.6 Å². The maximum Gasteiger partial charge on any atom is 0.283 e. The molecule has 1 aromatic carbocycles. The van der Waals surface area contributed by atoms with Crippen molar-refractivity contribution in [1.82, 2.24) is 10.2 Å². The van der Waals surface area contributed by atoms with Crippen LogP contribution in [0.5, 0.6) is 0 Å². The minimum atomic E-state index is -0.379. The van der Waals surface area contributed by atoms with E-state index in [0.717, 1.165) is 12.1 Å². The summed E-state index contributed by atoms with van der Waals surface area (Å²) in [5, 5.41) is 14.1. The van der Waals surface area contributed by atoms with Gasteiger partial charge in [-0.2, -0.15) is 0 Å². The zero-order valence-electron chi connectivity index (χ0n) is 10.8. The number of nitro benzene ring substituents is 1. The van der Waals surface area contributed by atoms with Gasteiger partial charge in [0.1, 0.15) is 0 Å². The molecule has 1 rings (SSSR count). The molecule has 0 amide bonds. The van der Waals surface area contributed by atoms with Crippen LogP contribution in [0.4, 0.5) is 5.69 Å². The Bertz CT molecular complexity index is 424. The Morgan fingerprint density at radius 3 is 2.72 bits per heavy atom. The van der Waals surface area contributed by atoms with E-state index in [9.17, 15) is 10.1 Å². The molecule has 1 aromatic rings. The third-order valence-corrected chi connectivity index (χ3v) is 3.53. The second kappa shape index (κ2) is 6.82. The molecule has 5 nitrogen and oxygen atoms in total. The van der Waals surface area contributed by atoms with Gasteiger partial charge in [-0.05, 0) is 48.6 Å². The molecule has 0 aliphatic rings. The molecule has 0 bridgehead atoms. The van der Waals surface area contributed by atoms with E-state index in [-0.39, 0.29) is 10.6 Å². The van der Waals surface area contributed by atoms with Crippen molar-refractivity contribution in [3.63, 3.8) is 0 Å². The lowest BCUT2D eigenvalue weighted by molar-refractivity contribution is -0.385. The van der Waals surface area contributed by atoms with Crippen LogP contribution in [0.1, 0.15) is 12.5 Å². The van der Waals surface area contributed by atoms with Crippen LogP contribution in [0.2, 0.25) is 0 Å². The Morgan fingerprint density at radius 2 is 2.17 bits per heavy atom. The van der Waals surface area contributed by atoms with Crippen molar-refractivity contribution in [2.45, 2.75) is 19.5 Å². The lowest BCUT2D eigenvalue weighted by Crippen LogP contribution is -2.35. The molecule has 0 aromatic heterocycles. The Kier molecular flexibility index (Phi) is 5.71. The summed E-state index contributed by atoms with van der Waals surface area (Å²) in [6.07, 6.45) is 0. The number of nitrogens with zero attached hydrogens (tertiary/aromatic N) is 2. The van der Waals surface area contributed by atoms with E-state index >= 15 is 0 Å². The Labute approximate surface area is 115 Å². The number of halogens is 1. The summed E-state index contributed by atoms with van der Waals surface area (Å²) < 4.78 is 0.512. The highest BCUT2D eigenvalue weighted by molar-refractivity contribution is 9.10. The first-order chi connectivity index (χ1) is 8.41. The average Bonchev–Trinajstić information content (AvgIpc) is 2.30. The first-order valence-corrected chi connectivity index (χ1v) is 6.51. The van der Waals surface area contributed by atoms with Gasteiger partial charge in [0.2, 0.25) is 0 Å². The van der Waals surface area contributed by atoms with E-state index in [0.29, 0.717) is 17.1 Å². The molecule has 0 fully saturated rings. The fraction of sp³-hybridized carbons (Fsp3) is 0.500. The molecule has 0 spiro atoms. The summed E-state index contributed by atoms with van der Waals surface area (Å²) in [4.78, 5) is 12.5. The van der Waals surface area contributed by atoms with Gasteiger partial charge in [0.05, 0.1) is 9.40 Å². The molecule has 6 heteroatoms. The van der Waals surface area contributed by atoms with Gasteiger partial charge in [-0.15, -0.1) is 0 Å². The van der Waals surface area contributed by atoms with Crippen LogP contribution >= 0.6 is 15.9 Å². The third-order valence-electron chi connectivity index (χ3n) is 2.86.